The van der Waals surface area contributed by atoms with Gasteiger partial charge in [0.05, 0.1) is 0 Å². The van der Waals surface area contributed by atoms with Gasteiger partial charge >= 0.3 is 0 Å². The highest BCUT2D eigenvalue weighted by atomic mass is 15.1. The van der Waals surface area contributed by atoms with Crippen molar-refractivity contribution in [2.24, 2.45) is 5.92 Å². The average Bonchev–Trinajstić information content (AvgIpc) is 2.62. The molecule has 0 spiro atoms. The molecule has 0 aromatic heterocycles. The molecule has 17 heavy (non-hydrogen) atoms. The van der Waals surface area contributed by atoms with Crippen LogP contribution in [0.2, 0.25) is 0 Å². The first kappa shape index (κ1) is 13.4. The molecule has 100 valence electrons. The molecule has 1 atom stereocenters. The van der Waals surface area contributed by atoms with Crippen LogP contribution in [-0.4, -0.2) is 37.1 Å². The fraction of sp³-hybridized carbons (Fsp3) is 1.00. The number of hydrogen-bond acceptors (Lipinski definition) is 2. The zero-order valence-corrected chi connectivity index (χ0v) is 11.6. The number of rotatable bonds is 4. The molecule has 0 bridgehead atoms. The van der Waals surface area contributed by atoms with Crippen molar-refractivity contribution in [2.45, 2.75) is 64.3 Å². The summed E-state index contributed by atoms with van der Waals surface area (Å²) in [5.41, 5.74) is 0. The minimum absolute atomic E-state index is 0.800. The number of hydrogen-bond donors (Lipinski definition) is 1. The molecule has 2 fully saturated rings. The standard InChI is InChI=1S/C15H30N2/c1-2-17-11-6-9-15(10-12-17)16-13-14-7-4-3-5-8-14/h14-16H,2-13H2,1H3. The summed E-state index contributed by atoms with van der Waals surface area (Å²) < 4.78 is 0. The summed E-state index contributed by atoms with van der Waals surface area (Å²) in [6.07, 6.45) is 11.5. The van der Waals surface area contributed by atoms with E-state index in [0.29, 0.717) is 0 Å². The molecule has 2 aliphatic rings. The molecule has 2 heteroatoms. The lowest BCUT2D eigenvalue weighted by Crippen LogP contribution is -2.35. The molecular weight excluding hydrogens is 208 g/mol. The highest BCUT2D eigenvalue weighted by Crippen LogP contribution is 2.23. The number of nitrogens with zero attached hydrogens (tertiary/aromatic N) is 1. The lowest BCUT2D eigenvalue weighted by atomic mass is 9.89. The number of likely N-dealkylation sites (tertiary alicyclic amines) is 1. The summed E-state index contributed by atoms with van der Waals surface area (Å²) in [6, 6.07) is 0.800. The zero-order chi connectivity index (χ0) is 11.9. The highest BCUT2D eigenvalue weighted by molar-refractivity contribution is 4.76. The van der Waals surface area contributed by atoms with Gasteiger partial charge in [0.25, 0.3) is 0 Å². The predicted molar refractivity (Wildman–Crippen MR) is 74.3 cm³/mol. The van der Waals surface area contributed by atoms with Crippen LogP contribution in [0.1, 0.15) is 58.3 Å². The maximum atomic E-state index is 3.85. The molecule has 1 aliphatic heterocycles. The summed E-state index contributed by atoms with van der Waals surface area (Å²) >= 11 is 0. The smallest absolute Gasteiger partial charge is 0.00798 e. The van der Waals surface area contributed by atoms with Crippen LogP contribution in [0.25, 0.3) is 0 Å². The Bertz CT molecular complexity index is 199. The van der Waals surface area contributed by atoms with E-state index in [-0.39, 0.29) is 0 Å². The van der Waals surface area contributed by atoms with E-state index in [2.05, 4.69) is 17.1 Å². The van der Waals surface area contributed by atoms with E-state index in [1.165, 1.54) is 77.5 Å². The normalized spacial score (nSPS) is 29.1. The molecule has 1 aliphatic carbocycles. The van der Waals surface area contributed by atoms with E-state index in [1.54, 1.807) is 0 Å². The molecule has 1 unspecified atom stereocenters. The molecule has 1 saturated heterocycles. The third kappa shape index (κ3) is 4.59. The Morgan fingerprint density at radius 1 is 0.941 bits per heavy atom. The largest absolute Gasteiger partial charge is 0.314 e. The van der Waals surface area contributed by atoms with Crippen LogP contribution in [0.4, 0.5) is 0 Å². The Hall–Kier alpha value is -0.0800. The van der Waals surface area contributed by atoms with E-state index in [9.17, 15) is 0 Å². The van der Waals surface area contributed by atoms with Crippen molar-refractivity contribution < 1.29 is 0 Å². The van der Waals surface area contributed by atoms with Crippen LogP contribution in [-0.2, 0) is 0 Å². The second kappa shape index (κ2) is 7.38. The van der Waals surface area contributed by atoms with Crippen LogP contribution in [0.5, 0.6) is 0 Å². The molecule has 2 nitrogen and oxygen atoms in total. The fourth-order valence-electron chi connectivity index (χ4n) is 3.40. The Balaban J connectivity index is 1.64. The molecule has 0 aromatic rings. The summed E-state index contributed by atoms with van der Waals surface area (Å²) in [4.78, 5) is 2.60. The van der Waals surface area contributed by atoms with Gasteiger partial charge in [0.15, 0.2) is 0 Å². The quantitative estimate of drug-likeness (QED) is 0.810. The van der Waals surface area contributed by atoms with Crippen molar-refractivity contribution in [1.29, 1.82) is 0 Å². The lowest BCUT2D eigenvalue weighted by molar-refractivity contribution is 0.291. The molecule has 1 saturated carbocycles. The van der Waals surface area contributed by atoms with Crippen molar-refractivity contribution in [3.05, 3.63) is 0 Å². The predicted octanol–water partition coefficient (Wildman–Crippen LogP) is 3.03. The highest BCUT2D eigenvalue weighted by Gasteiger charge is 2.18. The van der Waals surface area contributed by atoms with Gasteiger partial charge in [-0.1, -0.05) is 26.2 Å². The first-order chi connectivity index (χ1) is 8.38. The van der Waals surface area contributed by atoms with Crippen LogP contribution in [0.15, 0.2) is 0 Å². The van der Waals surface area contributed by atoms with Gasteiger partial charge in [-0.05, 0) is 64.2 Å². The van der Waals surface area contributed by atoms with Crippen LogP contribution >= 0.6 is 0 Å². The van der Waals surface area contributed by atoms with E-state index in [4.69, 9.17) is 0 Å². The summed E-state index contributed by atoms with van der Waals surface area (Å²) in [6.45, 7) is 7.43. The molecule has 1 heterocycles. The fourth-order valence-corrected chi connectivity index (χ4v) is 3.40. The Kier molecular flexibility index (Phi) is 5.79. The van der Waals surface area contributed by atoms with E-state index in [0.717, 1.165) is 12.0 Å². The van der Waals surface area contributed by atoms with Gasteiger partial charge in [0, 0.05) is 6.04 Å². The van der Waals surface area contributed by atoms with Crippen LogP contribution < -0.4 is 5.32 Å². The summed E-state index contributed by atoms with van der Waals surface area (Å²) in [5.74, 6) is 0.981. The monoisotopic (exact) mass is 238 g/mol. The Labute approximate surface area is 107 Å². The third-order valence-corrected chi connectivity index (χ3v) is 4.69. The first-order valence-electron chi connectivity index (χ1n) is 7.84. The minimum atomic E-state index is 0.800. The summed E-state index contributed by atoms with van der Waals surface area (Å²) in [5, 5.41) is 3.85. The molecule has 0 aromatic carbocycles. The Morgan fingerprint density at radius 2 is 1.76 bits per heavy atom. The molecular formula is C15H30N2. The Morgan fingerprint density at radius 3 is 2.53 bits per heavy atom. The van der Waals surface area contributed by atoms with Crippen LogP contribution in [0, 0.1) is 5.92 Å². The molecule has 0 radical (unpaired) electrons. The second-order valence-electron chi connectivity index (χ2n) is 5.97. The first-order valence-corrected chi connectivity index (χ1v) is 7.84. The second-order valence-corrected chi connectivity index (χ2v) is 5.97. The third-order valence-electron chi connectivity index (χ3n) is 4.69. The molecule has 2 rings (SSSR count). The van der Waals surface area contributed by atoms with Gasteiger partial charge in [-0.25, -0.2) is 0 Å². The SMILES string of the molecule is CCN1CCCC(NCC2CCCCC2)CC1. The van der Waals surface area contributed by atoms with Crippen molar-refractivity contribution in [3.8, 4) is 0 Å². The maximum absolute atomic E-state index is 3.85. The summed E-state index contributed by atoms with van der Waals surface area (Å²) in [7, 11) is 0. The zero-order valence-electron chi connectivity index (χ0n) is 11.6. The lowest BCUT2D eigenvalue weighted by Gasteiger charge is -2.25. The van der Waals surface area contributed by atoms with E-state index in [1.807, 2.05) is 0 Å². The van der Waals surface area contributed by atoms with Gasteiger partial charge in [0.1, 0.15) is 0 Å². The minimum Gasteiger partial charge on any atom is -0.314 e. The van der Waals surface area contributed by atoms with Gasteiger partial charge < -0.3 is 10.2 Å². The molecule has 1 N–H and O–H groups in total. The van der Waals surface area contributed by atoms with Gasteiger partial charge in [-0.15, -0.1) is 0 Å². The topological polar surface area (TPSA) is 15.3 Å². The van der Waals surface area contributed by atoms with Crippen molar-refractivity contribution in [3.63, 3.8) is 0 Å². The van der Waals surface area contributed by atoms with Gasteiger partial charge in [-0.3, -0.25) is 0 Å². The van der Waals surface area contributed by atoms with Crippen molar-refractivity contribution in [2.75, 3.05) is 26.2 Å². The van der Waals surface area contributed by atoms with Crippen LogP contribution in [0.3, 0.4) is 0 Å². The number of nitrogens with one attached hydrogen (secondary N) is 1. The van der Waals surface area contributed by atoms with Gasteiger partial charge in [-0.2, -0.15) is 0 Å². The van der Waals surface area contributed by atoms with E-state index < -0.39 is 0 Å². The van der Waals surface area contributed by atoms with Gasteiger partial charge in [0.2, 0.25) is 0 Å². The van der Waals surface area contributed by atoms with E-state index >= 15 is 0 Å². The molecule has 0 amide bonds. The van der Waals surface area contributed by atoms with Crippen molar-refractivity contribution in [1.82, 2.24) is 10.2 Å². The average molecular weight is 238 g/mol. The van der Waals surface area contributed by atoms with Crippen molar-refractivity contribution >= 4 is 0 Å². The maximum Gasteiger partial charge on any atom is 0.00798 e.